The molecule has 0 spiro atoms. The topological polar surface area (TPSA) is 26.3 Å². The monoisotopic (exact) mass is 412 g/mol. The van der Waals surface area contributed by atoms with Crippen molar-refractivity contribution in [3.63, 3.8) is 0 Å². The summed E-state index contributed by atoms with van der Waals surface area (Å²) < 4.78 is 6.32. The third-order valence-corrected chi connectivity index (χ3v) is 9.87. The standard InChI is InChI=1S/C28H44O2/c29-28(30-24-17-14-21(15-18-24)20-8-3-1-4-9-20)27-25-13-7-12-23(25)16-19-26(27)22-10-5-2-6-11-22/h16,19-27H,1-15,17-18H2/t21?,23-,24?,25-,26-,27+/m0/s1. The molecule has 30 heavy (non-hydrogen) atoms. The number of ether oxygens (including phenoxy) is 1. The highest BCUT2D eigenvalue weighted by Crippen LogP contribution is 2.49. The van der Waals surface area contributed by atoms with Gasteiger partial charge in [0.2, 0.25) is 0 Å². The van der Waals surface area contributed by atoms with Crippen molar-refractivity contribution < 1.29 is 9.53 Å². The van der Waals surface area contributed by atoms with Gasteiger partial charge in [0.1, 0.15) is 6.10 Å². The first-order valence-electron chi connectivity index (χ1n) is 13.7. The lowest BCUT2D eigenvalue weighted by molar-refractivity contribution is -0.162. The van der Waals surface area contributed by atoms with Crippen molar-refractivity contribution in [2.75, 3.05) is 0 Å². The lowest BCUT2D eigenvalue weighted by Gasteiger charge is -2.41. The van der Waals surface area contributed by atoms with Crippen molar-refractivity contribution in [1.29, 1.82) is 0 Å². The molecule has 0 bridgehead atoms. The van der Waals surface area contributed by atoms with E-state index < -0.39 is 0 Å². The number of esters is 1. The summed E-state index contributed by atoms with van der Waals surface area (Å²) in [6.07, 6.45) is 27.8. The molecule has 5 aliphatic rings. The van der Waals surface area contributed by atoms with Gasteiger partial charge in [-0.25, -0.2) is 0 Å². The lowest BCUT2D eigenvalue weighted by Crippen LogP contribution is -2.41. The third kappa shape index (κ3) is 4.53. The number of hydrogen-bond acceptors (Lipinski definition) is 2. The average Bonchev–Trinajstić information content (AvgIpc) is 3.29. The molecule has 5 rings (SSSR count). The highest BCUT2D eigenvalue weighted by atomic mass is 16.5. The van der Waals surface area contributed by atoms with Crippen molar-refractivity contribution in [3.05, 3.63) is 12.2 Å². The highest BCUT2D eigenvalue weighted by molar-refractivity contribution is 5.74. The van der Waals surface area contributed by atoms with Crippen LogP contribution in [0.4, 0.5) is 0 Å². The van der Waals surface area contributed by atoms with E-state index in [9.17, 15) is 4.79 Å². The van der Waals surface area contributed by atoms with Gasteiger partial charge in [-0.05, 0) is 86.9 Å². The molecule has 4 saturated carbocycles. The second-order valence-electron chi connectivity index (χ2n) is 11.5. The molecule has 0 unspecified atom stereocenters. The van der Waals surface area contributed by atoms with Crippen LogP contribution in [0.1, 0.15) is 109 Å². The largest absolute Gasteiger partial charge is 0.462 e. The maximum atomic E-state index is 13.6. The van der Waals surface area contributed by atoms with E-state index in [1.807, 2.05) is 0 Å². The van der Waals surface area contributed by atoms with Crippen molar-refractivity contribution in [1.82, 2.24) is 0 Å². The average molecular weight is 413 g/mol. The predicted octanol–water partition coefficient (Wildman–Crippen LogP) is 7.47. The Bertz CT molecular complexity index is 590. The van der Waals surface area contributed by atoms with E-state index in [0.29, 0.717) is 17.8 Å². The maximum Gasteiger partial charge on any atom is 0.310 e. The maximum absolute atomic E-state index is 13.6. The van der Waals surface area contributed by atoms with Crippen LogP contribution in [0.5, 0.6) is 0 Å². The molecule has 0 radical (unpaired) electrons. The van der Waals surface area contributed by atoms with Crippen LogP contribution in [0.25, 0.3) is 0 Å². The fourth-order valence-corrected chi connectivity index (χ4v) is 8.21. The van der Waals surface area contributed by atoms with E-state index in [-0.39, 0.29) is 18.0 Å². The Morgan fingerprint density at radius 1 is 0.600 bits per heavy atom. The van der Waals surface area contributed by atoms with E-state index in [2.05, 4.69) is 12.2 Å². The molecule has 0 N–H and O–H groups in total. The Morgan fingerprint density at radius 2 is 1.23 bits per heavy atom. The molecule has 0 heterocycles. The first-order chi connectivity index (χ1) is 14.8. The van der Waals surface area contributed by atoms with Gasteiger partial charge in [-0.3, -0.25) is 4.79 Å². The van der Waals surface area contributed by atoms with E-state index >= 15 is 0 Å². The molecular formula is C28H44O2. The summed E-state index contributed by atoms with van der Waals surface area (Å²) in [5.74, 6) is 4.60. The van der Waals surface area contributed by atoms with Gasteiger partial charge in [-0.2, -0.15) is 0 Å². The van der Waals surface area contributed by atoms with Crippen LogP contribution in [0.2, 0.25) is 0 Å². The molecule has 2 nitrogen and oxygen atoms in total. The Morgan fingerprint density at radius 3 is 1.93 bits per heavy atom. The smallest absolute Gasteiger partial charge is 0.310 e. The summed E-state index contributed by atoms with van der Waals surface area (Å²) in [5.41, 5.74) is 0. The Labute approximate surface area is 184 Å². The van der Waals surface area contributed by atoms with Crippen molar-refractivity contribution in [2.24, 2.45) is 41.4 Å². The van der Waals surface area contributed by atoms with Gasteiger partial charge in [0.15, 0.2) is 0 Å². The quantitative estimate of drug-likeness (QED) is 0.353. The summed E-state index contributed by atoms with van der Waals surface area (Å²) in [6, 6.07) is 0. The number of rotatable bonds is 4. The van der Waals surface area contributed by atoms with Gasteiger partial charge in [0, 0.05) is 0 Å². The molecule has 0 amide bonds. The van der Waals surface area contributed by atoms with Crippen LogP contribution in [0.15, 0.2) is 12.2 Å². The molecule has 0 aromatic carbocycles. The summed E-state index contributed by atoms with van der Waals surface area (Å²) in [7, 11) is 0. The van der Waals surface area contributed by atoms with Crippen LogP contribution < -0.4 is 0 Å². The number of carbonyl (C=O) groups excluding carboxylic acids is 1. The predicted molar refractivity (Wildman–Crippen MR) is 122 cm³/mol. The van der Waals surface area contributed by atoms with Gasteiger partial charge in [-0.15, -0.1) is 0 Å². The van der Waals surface area contributed by atoms with Gasteiger partial charge in [0.25, 0.3) is 0 Å². The first kappa shape index (κ1) is 21.1. The zero-order valence-corrected chi connectivity index (χ0v) is 19.1. The van der Waals surface area contributed by atoms with Gasteiger partial charge in [0.05, 0.1) is 5.92 Å². The molecule has 4 atom stereocenters. The summed E-state index contributed by atoms with van der Waals surface area (Å²) in [4.78, 5) is 13.6. The SMILES string of the molecule is O=C(OC1CCC(C2CCCCC2)CC1)[C@@H]1[C@H]2CCC[C@H]2C=C[C@H]1C1CCCCC1. The molecule has 0 saturated heterocycles. The lowest BCUT2D eigenvalue weighted by atomic mass is 9.65. The molecule has 0 aromatic heterocycles. The summed E-state index contributed by atoms with van der Waals surface area (Å²) in [6.45, 7) is 0. The summed E-state index contributed by atoms with van der Waals surface area (Å²) in [5, 5.41) is 0. The zero-order valence-electron chi connectivity index (χ0n) is 19.1. The number of fused-ring (bicyclic) bond motifs is 1. The van der Waals surface area contributed by atoms with E-state index in [0.717, 1.165) is 30.6 Å². The van der Waals surface area contributed by atoms with Crippen molar-refractivity contribution in [2.45, 2.75) is 115 Å². The first-order valence-corrected chi connectivity index (χ1v) is 13.7. The van der Waals surface area contributed by atoms with Crippen LogP contribution in [0.3, 0.4) is 0 Å². The van der Waals surface area contributed by atoms with Gasteiger partial charge >= 0.3 is 5.97 Å². The van der Waals surface area contributed by atoms with Crippen molar-refractivity contribution in [3.8, 4) is 0 Å². The molecular weight excluding hydrogens is 368 g/mol. The molecule has 0 aromatic rings. The second kappa shape index (κ2) is 9.78. The normalized spacial score (nSPS) is 40.8. The molecule has 4 fully saturated rings. The van der Waals surface area contributed by atoms with Gasteiger partial charge in [-0.1, -0.05) is 69.9 Å². The Balaban J connectivity index is 1.21. The van der Waals surface area contributed by atoms with E-state index in [1.165, 1.54) is 96.3 Å². The Kier molecular flexibility index (Phi) is 6.87. The zero-order chi connectivity index (χ0) is 20.3. The molecule has 168 valence electrons. The fraction of sp³-hybridized carbons (Fsp3) is 0.893. The fourth-order valence-electron chi connectivity index (χ4n) is 8.21. The highest BCUT2D eigenvalue weighted by Gasteiger charge is 2.46. The third-order valence-electron chi connectivity index (χ3n) is 9.87. The van der Waals surface area contributed by atoms with Crippen molar-refractivity contribution >= 4 is 5.97 Å². The minimum atomic E-state index is 0.154. The second-order valence-corrected chi connectivity index (χ2v) is 11.5. The minimum absolute atomic E-state index is 0.154. The number of carbonyl (C=O) groups is 1. The van der Waals surface area contributed by atoms with E-state index in [4.69, 9.17) is 4.74 Å². The van der Waals surface area contributed by atoms with E-state index in [1.54, 1.807) is 0 Å². The van der Waals surface area contributed by atoms with Crippen LogP contribution >= 0.6 is 0 Å². The molecule has 2 heteroatoms. The van der Waals surface area contributed by atoms with Gasteiger partial charge < -0.3 is 4.74 Å². The number of hydrogen-bond donors (Lipinski definition) is 0. The minimum Gasteiger partial charge on any atom is -0.462 e. The molecule has 0 aliphatic heterocycles. The molecule has 5 aliphatic carbocycles. The van der Waals surface area contributed by atoms with Crippen LogP contribution in [-0.4, -0.2) is 12.1 Å². The Hall–Kier alpha value is -0.790. The number of allylic oxidation sites excluding steroid dienone is 2. The van der Waals surface area contributed by atoms with Crippen LogP contribution in [0, 0.1) is 41.4 Å². The summed E-state index contributed by atoms with van der Waals surface area (Å²) >= 11 is 0. The van der Waals surface area contributed by atoms with Crippen LogP contribution in [-0.2, 0) is 9.53 Å².